The third-order valence-corrected chi connectivity index (χ3v) is 6.54. The van der Waals surface area contributed by atoms with Gasteiger partial charge in [-0.2, -0.15) is 16.7 Å². The van der Waals surface area contributed by atoms with Crippen LogP contribution in [-0.2, 0) is 0 Å². The topological polar surface area (TPSA) is 81.9 Å². The second-order valence-electron chi connectivity index (χ2n) is 7.24. The summed E-state index contributed by atoms with van der Waals surface area (Å²) >= 11 is 1.86. The van der Waals surface area contributed by atoms with Crippen LogP contribution in [0.2, 0.25) is 0 Å². The van der Waals surface area contributed by atoms with Crippen LogP contribution >= 0.6 is 11.8 Å². The molecule has 0 bridgehead atoms. The van der Waals surface area contributed by atoms with Gasteiger partial charge in [-0.1, -0.05) is 6.07 Å². The van der Waals surface area contributed by atoms with Crippen LogP contribution in [0.5, 0.6) is 11.5 Å². The van der Waals surface area contributed by atoms with Gasteiger partial charge in [0.2, 0.25) is 12.6 Å². The highest BCUT2D eigenvalue weighted by atomic mass is 32.2. The third-order valence-electron chi connectivity index (χ3n) is 5.21. The summed E-state index contributed by atoms with van der Waals surface area (Å²) in [5, 5.41) is 4.70. The molecule has 1 aromatic carbocycles. The van der Waals surface area contributed by atoms with Crippen molar-refractivity contribution in [3.05, 3.63) is 47.0 Å². The molecule has 5 rings (SSSR count). The number of aromatic nitrogens is 4. The number of aryl methyl sites for hydroxylation is 2. The first-order chi connectivity index (χ1) is 14.1. The Morgan fingerprint density at radius 3 is 2.90 bits per heavy atom. The molecule has 9 heteroatoms. The van der Waals surface area contributed by atoms with Crippen molar-refractivity contribution in [2.45, 2.75) is 25.5 Å². The Hall–Kier alpha value is -2.81. The molecule has 1 amide bonds. The fourth-order valence-corrected chi connectivity index (χ4v) is 4.97. The highest BCUT2D eigenvalue weighted by molar-refractivity contribution is 7.99. The number of rotatable bonds is 2. The molecule has 4 heterocycles. The molecule has 2 aromatic heterocycles. The Balaban J connectivity index is 1.33. The number of fused-ring (bicyclic) bond motifs is 2. The summed E-state index contributed by atoms with van der Waals surface area (Å²) in [6.07, 6.45) is 0.861. The van der Waals surface area contributed by atoms with Gasteiger partial charge >= 0.3 is 0 Å². The molecular formula is C20H21N5O3S. The van der Waals surface area contributed by atoms with Crippen LogP contribution in [0, 0.1) is 13.8 Å². The molecule has 29 heavy (non-hydrogen) atoms. The summed E-state index contributed by atoms with van der Waals surface area (Å²) in [6, 6.07) is 8.03. The Morgan fingerprint density at radius 1 is 1.14 bits per heavy atom. The van der Waals surface area contributed by atoms with Gasteiger partial charge in [-0.25, -0.2) is 9.50 Å². The zero-order valence-corrected chi connectivity index (χ0v) is 17.1. The first-order valence-electron chi connectivity index (χ1n) is 9.60. The Bertz CT molecular complexity index is 1100. The summed E-state index contributed by atoms with van der Waals surface area (Å²) in [5.74, 6) is 2.98. The first kappa shape index (κ1) is 18.2. The molecule has 1 fully saturated rings. The second kappa shape index (κ2) is 7.22. The van der Waals surface area contributed by atoms with Crippen molar-refractivity contribution in [3.63, 3.8) is 0 Å². The van der Waals surface area contributed by atoms with E-state index in [1.807, 2.05) is 42.6 Å². The molecular weight excluding hydrogens is 390 g/mol. The van der Waals surface area contributed by atoms with Crippen molar-refractivity contribution in [1.82, 2.24) is 24.5 Å². The number of carbonyl (C=O) groups is 1. The molecule has 3 aromatic rings. The number of benzene rings is 1. The summed E-state index contributed by atoms with van der Waals surface area (Å²) in [6.45, 7) is 5.45. The fourth-order valence-electron chi connectivity index (χ4n) is 3.75. The van der Waals surface area contributed by atoms with Gasteiger partial charge < -0.3 is 14.4 Å². The smallest absolute Gasteiger partial charge is 0.293 e. The zero-order chi connectivity index (χ0) is 20.0. The van der Waals surface area contributed by atoms with Crippen molar-refractivity contribution in [2.75, 3.05) is 25.6 Å². The molecule has 1 unspecified atom stereocenters. The Labute approximate surface area is 172 Å². The lowest BCUT2D eigenvalue weighted by Crippen LogP contribution is -2.33. The molecule has 0 aliphatic carbocycles. The minimum atomic E-state index is -0.139. The average molecular weight is 411 g/mol. The molecule has 1 saturated heterocycles. The van der Waals surface area contributed by atoms with Crippen molar-refractivity contribution in [1.29, 1.82) is 0 Å². The van der Waals surface area contributed by atoms with E-state index in [2.05, 4.69) is 27.2 Å². The summed E-state index contributed by atoms with van der Waals surface area (Å²) in [5.41, 5.74) is 2.97. The standard InChI is InChI=1S/C20H21N5O3S/c1-12-9-13(2)25-20(21-12)22-18(23-25)19(26)24-6-5-17(29-8-7-24)14-3-4-15-16(10-14)28-11-27-15/h3-4,9-10,17H,5-8,11H2,1-2H3. The zero-order valence-electron chi connectivity index (χ0n) is 16.3. The minimum absolute atomic E-state index is 0.139. The summed E-state index contributed by atoms with van der Waals surface area (Å²) in [7, 11) is 0. The van der Waals surface area contributed by atoms with Gasteiger partial charge in [-0.3, -0.25) is 4.79 Å². The van der Waals surface area contributed by atoms with E-state index in [0.29, 0.717) is 24.1 Å². The monoisotopic (exact) mass is 411 g/mol. The number of thioether (sulfide) groups is 1. The molecule has 0 spiro atoms. The molecule has 0 saturated carbocycles. The largest absolute Gasteiger partial charge is 0.454 e. The van der Waals surface area contributed by atoms with Crippen LogP contribution in [0.15, 0.2) is 24.3 Å². The highest BCUT2D eigenvalue weighted by Crippen LogP contribution is 2.40. The lowest BCUT2D eigenvalue weighted by molar-refractivity contribution is 0.0754. The predicted molar refractivity (Wildman–Crippen MR) is 109 cm³/mol. The summed E-state index contributed by atoms with van der Waals surface area (Å²) in [4.78, 5) is 23.6. The van der Waals surface area contributed by atoms with E-state index in [4.69, 9.17) is 9.47 Å². The molecule has 150 valence electrons. The molecule has 0 radical (unpaired) electrons. The van der Waals surface area contributed by atoms with Crippen LogP contribution in [0.3, 0.4) is 0 Å². The maximum absolute atomic E-state index is 13.0. The second-order valence-corrected chi connectivity index (χ2v) is 8.55. The van der Waals surface area contributed by atoms with Gasteiger partial charge in [-0.15, -0.1) is 5.10 Å². The van der Waals surface area contributed by atoms with E-state index < -0.39 is 0 Å². The van der Waals surface area contributed by atoms with Crippen molar-refractivity contribution in [3.8, 4) is 11.5 Å². The third kappa shape index (κ3) is 3.39. The number of hydrogen-bond donors (Lipinski definition) is 0. The first-order valence-corrected chi connectivity index (χ1v) is 10.6. The molecule has 0 N–H and O–H groups in total. The van der Waals surface area contributed by atoms with Crippen LogP contribution in [0.4, 0.5) is 0 Å². The lowest BCUT2D eigenvalue weighted by atomic mass is 10.1. The normalized spacial score (nSPS) is 18.8. The maximum Gasteiger partial charge on any atom is 0.293 e. The number of carbonyl (C=O) groups excluding carboxylic acids is 1. The van der Waals surface area contributed by atoms with Crippen molar-refractivity contribution in [2.24, 2.45) is 0 Å². The highest BCUT2D eigenvalue weighted by Gasteiger charge is 2.27. The van der Waals surface area contributed by atoms with Crippen LogP contribution in [0.25, 0.3) is 5.78 Å². The van der Waals surface area contributed by atoms with E-state index in [-0.39, 0.29) is 18.5 Å². The van der Waals surface area contributed by atoms with Gasteiger partial charge in [0.25, 0.3) is 11.7 Å². The van der Waals surface area contributed by atoms with Gasteiger partial charge in [-0.05, 0) is 44.0 Å². The van der Waals surface area contributed by atoms with Crippen molar-refractivity contribution >= 4 is 23.4 Å². The maximum atomic E-state index is 13.0. The molecule has 2 aliphatic rings. The molecule has 8 nitrogen and oxygen atoms in total. The minimum Gasteiger partial charge on any atom is -0.454 e. The van der Waals surface area contributed by atoms with E-state index in [9.17, 15) is 4.79 Å². The molecule has 1 atom stereocenters. The van der Waals surface area contributed by atoms with Crippen LogP contribution in [-0.4, -0.2) is 56.0 Å². The van der Waals surface area contributed by atoms with E-state index in [0.717, 1.165) is 35.1 Å². The molecule has 2 aliphatic heterocycles. The summed E-state index contributed by atoms with van der Waals surface area (Å²) < 4.78 is 12.5. The number of amides is 1. The Morgan fingerprint density at radius 2 is 2.00 bits per heavy atom. The van der Waals surface area contributed by atoms with Crippen LogP contribution in [0.1, 0.15) is 39.2 Å². The van der Waals surface area contributed by atoms with Gasteiger partial charge in [0.15, 0.2) is 11.5 Å². The van der Waals surface area contributed by atoms with Gasteiger partial charge in [0.1, 0.15) is 0 Å². The number of ether oxygens (including phenoxy) is 2. The van der Waals surface area contributed by atoms with E-state index >= 15 is 0 Å². The Kier molecular flexibility index (Phi) is 4.54. The lowest BCUT2D eigenvalue weighted by Gasteiger charge is -2.18. The average Bonchev–Trinajstić information content (AvgIpc) is 3.27. The van der Waals surface area contributed by atoms with Crippen LogP contribution < -0.4 is 9.47 Å². The van der Waals surface area contributed by atoms with Crippen molar-refractivity contribution < 1.29 is 14.3 Å². The van der Waals surface area contributed by atoms with E-state index in [1.165, 1.54) is 5.56 Å². The van der Waals surface area contributed by atoms with Gasteiger partial charge in [0.05, 0.1) is 0 Å². The van der Waals surface area contributed by atoms with E-state index in [1.54, 1.807) is 4.52 Å². The SMILES string of the molecule is Cc1cc(C)n2nc(C(=O)N3CCSC(c4ccc5c(c4)OCO5)CC3)nc2n1. The fraction of sp³-hybridized carbons (Fsp3) is 0.400. The number of hydrogen-bond acceptors (Lipinski definition) is 7. The number of nitrogens with zero attached hydrogens (tertiary/aromatic N) is 5. The predicted octanol–water partition coefficient (Wildman–Crippen LogP) is 2.79. The quantitative estimate of drug-likeness (QED) is 0.641. The van der Waals surface area contributed by atoms with Gasteiger partial charge in [0, 0.05) is 35.5 Å².